The summed E-state index contributed by atoms with van der Waals surface area (Å²) < 4.78 is 20.0. The van der Waals surface area contributed by atoms with Gasteiger partial charge in [0, 0.05) is 48.3 Å². The van der Waals surface area contributed by atoms with Gasteiger partial charge in [-0.05, 0) is 25.1 Å². The first-order chi connectivity index (χ1) is 15.0. The minimum absolute atomic E-state index is 0.209. The number of nitrogens with zero attached hydrogens (tertiary/aromatic N) is 3. The molecule has 0 saturated carbocycles. The van der Waals surface area contributed by atoms with Gasteiger partial charge in [-0.2, -0.15) is 5.10 Å². The van der Waals surface area contributed by atoms with Crippen LogP contribution in [0.15, 0.2) is 48.9 Å². The molecule has 0 bridgehead atoms. The van der Waals surface area contributed by atoms with Crippen molar-refractivity contribution in [3.8, 4) is 11.1 Å². The summed E-state index contributed by atoms with van der Waals surface area (Å²) in [7, 11) is 1.58. The van der Waals surface area contributed by atoms with E-state index < -0.39 is 11.7 Å². The fourth-order valence-corrected chi connectivity index (χ4v) is 3.40. The molecule has 0 unspecified atom stereocenters. The number of halogens is 1. The highest BCUT2D eigenvalue weighted by Gasteiger charge is 2.19. The number of aromatic nitrogens is 4. The quantitative estimate of drug-likeness (QED) is 0.420. The van der Waals surface area contributed by atoms with Crippen molar-refractivity contribution in [3.05, 3.63) is 71.7 Å². The number of pyridine rings is 2. The van der Waals surface area contributed by atoms with Crippen LogP contribution in [0.1, 0.15) is 34.7 Å². The number of methoxy groups -OCH3 is 1. The molecule has 4 aromatic rings. The molecule has 0 fully saturated rings. The lowest BCUT2D eigenvalue weighted by molar-refractivity contribution is 0.100. The fraction of sp³-hybridized carbons (Fsp3) is 0.182. The highest BCUT2D eigenvalue weighted by Crippen LogP contribution is 2.34. The highest BCUT2D eigenvalue weighted by molar-refractivity contribution is 6.07. The SMILES string of the molecule is COCc1ccc(-c2cc3c(N[C@@H](C)c4cc[nH]n4)c(C(N)=O)cnc3cc2F)cn1. The van der Waals surface area contributed by atoms with Gasteiger partial charge in [0.1, 0.15) is 5.82 Å². The van der Waals surface area contributed by atoms with Crippen molar-refractivity contribution in [2.24, 2.45) is 5.73 Å². The molecule has 0 aliphatic heterocycles. The van der Waals surface area contributed by atoms with E-state index in [0.29, 0.717) is 34.3 Å². The van der Waals surface area contributed by atoms with E-state index in [1.54, 1.807) is 37.7 Å². The molecule has 3 heterocycles. The molecule has 1 amide bonds. The van der Waals surface area contributed by atoms with Gasteiger partial charge >= 0.3 is 0 Å². The molecule has 4 rings (SSSR count). The van der Waals surface area contributed by atoms with Crippen LogP contribution in [-0.2, 0) is 11.3 Å². The molecule has 1 atom stereocenters. The number of amides is 1. The topological polar surface area (TPSA) is 119 Å². The molecule has 158 valence electrons. The number of fused-ring (bicyclic) bond motifs is 1. The summed E-state index contributed by atoms with van der Waals surface area (Å²) in [6.07, 6.45) is 4.65. The number of benzene rings is 1. The Labute approximate surface area is 177 Å². The third kappa shape index (κ3) is 4.08. The molecule has 9 heteroatoms. The summed E-state index contributed by atoms with van der Waals surface area (Å²) >= 11 is 0. The molecule has 4 N–H and O–H groups in total. The number of hydrogen-bond acceptors (Lipinski definition) is 6. The van der Waals surface area contributed by atoms with Crippen LogP contribution in [0.2, 0.25) is 0 Å². The molecule has 0 saturated heterocycles. The van der Waals surface area contributed by atoms with Crippen molar-refractivity contribution in [3.63, 3.8) is 0 Å². The number of H-pyrrole nitrogens is 1. The van der Waals surface area contributed by atoms with Crippen LogP contribution in [-0.4, -0.2) is 33.2 Å². The van der Waals surface area contributed by atoms with Crippen LogP contribution in [0.5, 0.6) is 0 Å². The van der Waals surface area contributed by atoms with Crippen molar-refractivity contribution < 1.29 is 13.9 Å². The van der Waals surface area contributed by atoms with E-state index in [4.69, 9.17) is 10.5 Å². The first-order valence-electron chi connectivity index (χ1n) is 9.60. The summed E-state index contributed by atoms with van der Waals surface area (Å²) in [6.45, 7) is 2.27. The zero-order valence-electron chi connectivity index (χ0n) is 17.0. The van der Waals surface area contributed by atoms with Gasteiger partial charge in [0.05, 0.1) is 40.8 Å². The number of primary amides is 1. The summed E-state index contributed by atoms with van der Waals surface area (Å²) in [4.78, 5) is 20.6. The summed E-state index contributed by atoms with van der Waals surface area (Å²) in [6, 6.07) is 8.12. The van der Waals surface area contributed by atoms with Crippen LogP contribution in [0.4, 0.5) is 10.1 Å². The van der Waals surface area contributed by atoms with E-state index in [1.807, 2.05) is 13.0 Å². The first-order valence-corrected chi connectivity index (χ1v) is 9.60. The van der Waals surface area contributed by atoms with Crippen molar-refractivity contribution >= 4 is 22.5 Å². The van der Waals surface area contributed by atoms with Crippen molar-refractivity contribution in [1.29, 1.82) is 0 Å². The fourth-order valence-electron chi connectivity index (χ4n) is 3.40. The Morgan fingerprint density at radius 1 is 1.26 bits per heavy atom. The van der Waals surface area contributed by atoms with Crippen molar-refractivity contribution in [2.75, 3.05) is 12.4 Å². The van der Waals surface area contributed by atoms with E-state index in [9.17, 15) is 9.18 Å². The average molecular weight is 420 g/mol. The Bertz CT molecular complexity index is 1230. The second-order valence-corrected chi connectivity index (χ2v) is 7.10. The monoisotopic (exact) mass is 420 g/mol. The van der Waals surface area contributed by atoms with Crippen LogP contribution in [0.3, 0.4) is 0 Å². The minimum atomic E-state index is -0.636. The van der Waals surface area contributed by atoms with Gasteiger partial charge in [0.15, 0.2) is 0 Å². The maximum absolute atomic E-state index is 14.9. The largest absolute Gasteiger partial charge is 0.378 e. The average Bonchev–Trinajstić information content (AvgIpc) is 3.29. The number of rotatable bonds is 7. The minimum Gasteiger partial charge on any atom is -0.378 e. The Morgan fingerprint density at radius 3 is 2.74 bits per heavy atom. The van der Waals surface area contributed by atoms with Crippen molar-refractivity contribution in [1.82, 2.24) is 20.2 Å². The van der Waals surface area contributed by atoms with Crippen molar-refractivity contribution in [2.45, 2.75) is 19.6 Å². The maximum atomic E-state index is 14.9. The van der Waals surface area contributed by atoms with E-state index in [0.717, 1.165) is 11.4 Å². The van der Waals surface area contributed by atoms with Gasteiger partial charge in [0.2, 0.25) is 0 Å². The number of carbonyl (C=O) groups excluding carboxylic acids is 1. The molecular formula is C22H21FN6O2. The van der Waals surface area contributed by atoms with Gasteiger partial charge < -0.3 is 15.8 Å². The predicted octanol–water partition coefficient (Wildman–Crippen LogP) is 3.58. The lowest BCUT2D eigenvalue weighted by Gasteiger charge is -2.18. The summed E-state index contributed by atoms with van der Waals surface area (Å²) in [5, 5.41) is 10.8. The van der Waals surface area contributed by atoms with Crippen LogP contribution in [0.25, 0.3) is 22.0 Å². The number of ether oxygens (including phenoxy) is 1. The van der Waals surface area contributed by atoms with Gasteiger partial charge in [-0.1, -0.05) is 6.07 Å². The van der Waals surface area contributed by atoms with E-state index in [-0.39, 0.29) is 11.6 Å². The Kier molecular flexibility index (Phi) is 5.59. The van der Waals surface area contributed by atoms with Gasteiger partial charge in [-0.3, -0.25) is 19.9 Å². The molecule has 1 aromatic carbocycles. The molecule has 0 radical (unpaired) electrons. The molecule has 8 nitrogen and oxygen atoms in total. The smallest absolute Gasteiger partial charge is 0.252 e. The van der Waals surface area contributed by atoms with Gasteiger partial charge in [-0.15, -0.1) is 0 Å². The normalized spacial score (nSPS) is 12.1. The molecule has 0 aliphatic carbocycles. The van der Waals surface area contributed by atoms with E-state index >= 15 is 0 Å². The molecule has 0 aliphatic rings. The van der Waals surface area contributed by atoms with E-state index in [1.165, 1.54) is 12.3 Å². The lowest BCUT2D eigenvalue weighted by Crippen LogP contribution is -2.17. The summed E-state index contributed by atoms with van der Waals surface area (Å²) in [5.41, 5.74) is 9.08. The van der Waals surface area contributed by atoms with Crippen LogP contribution >= 0.6 is 0 Å². The maximum Gasteiger partial charge on any atom is 0.252 e. The van der Waals surface area contributed by atoms with Gasteiger partial charge in [0.25, 0.3) is 5.91 Å². The third-order valence-corrected chi connectivity index (χ3v) is 4.98. The Morgan fingerprint density at radius 2 is 2.10 bits per heavy atom. The number of carbonyl (C=O) groups is 1. The lowest BCUT2D eigenvalue weighted by atomic mass is 10.0. The Hall–Kier alpha value is -3.85. The summed E-state index contributed by atoms with van der Waals surface area (Å²) in [5.74, 6) is -1.08. The number of hydrogen-bond donors (Lipinski definition) is 3. The Balaban J connectivity index is 1.84. The zero-order chi connectivity index (χ0) is 22.0. The number of nitrogens with one attached hydrogen (secondary N) is 2. The second kappa shape index (κ2) is 8.49. The number of anilines is 1. The first kappa shape index (κ1) is 20.4. The standard InChI is InChI=1S/C22H21FN6O2/c1-12(19-5-6-27-29-19)28-21-16-7-15(13-3-4-14(11-31-2)25-9-13)18(23)8-20(16)26-10-17(21)22(24)30/h3-10,12H,11H2,1-2H3,(H2,24,30)(H,26,28)(H,27,29)/t12-/m0/s1. The molecule has 31 heavy (non-hydrogen) atoms. The second-order valence-electron chi connectivity index (χ2n) is 7.10. The number of aromatic amines is 1. The highest BCUT2D eigenvalue weighted by atomic mass is 19.1. The van der Waals surface area contributed by atoms with Crippen LogP contribution in [0, 0.1) is 5.82 Å². The predicted molar refractivity (Wildman–Crippen MR) is 115 cm³/mol. The van der Waals surface area contributed by atoms with E-state index in [2.05, 4.69) is 25.5 Å². The molecular weight excluding hydrogens is 399 g/mol. The third-order valence-electron chi connectivity index (χ3n) is 4.98. The van der Waals surface area contributed by atoms with Crippen LogP contribution < -0.4 is 11.1 Å². The molecule has 3 aromatic heterocycles. The molecule has 0 spiro atoms. The zero-order valence-corrected chi connectivity index (χ0v) is 17.0. The number of nitrogens with two attached hydrogens (primary N) is 1. The van der Waals surface area contributed by atoms with Gasteiger partial charge in [-0.25, -0.2) is 4.39 Å².